The normalized spacial score (nSPS) is 10.4. The van der Waals surface area contributed by atoms with E-state index in [0.29, 0.717) is 0 Å². The van der Waals surface area contributed by atoms with Crippen LogP contribution in [0.5, 0.6) is 17.2 Å². The Morgan fingerprint density at radius 3 is 2.47 bits per heavy atom. The third kappa shape index (κ3) is 1.41. The molecule has 78 valence electrons. The van der Waals surface area contributed by atoms with Crippen LogP contribution in [0.25, 0.3) is 11.3 Å². The van der Waals surface area contributed by atoms with E-state index in [1.165, 1.54) is 18.2 Å². The molecule has 1 aromatic carbocycles. The van der Waals surface area contributed by atoms with Crippen LogP contribution < -0.4 is 5.73 Å². The Hall–Kier alpha value is -2.37. The molecular formula is C9H8N2O4. The maximum Gasteiger partial charge on any atom is 0.222 e. The molecule has 0 aliphatic rings. The molecule has 1 aromatic heterocycles. The van der Waals surface area contributed by atoms with Gasteiger partial charge in [-0.05, 0) is 12.1 Å². The average Bonchev–Trinajstić information content (AvgIpc) is 2.61. The molecule has 0 atom stereocenters. The summed E-state index contributed by atoms with van der Waals surface area (Å²) in [5, 5.41) is 31.4. The smallest absolute Gasteiger partial charge is 0.222 e. The van der Waals surface area contributed by atoms with E-state index in [2.05, 4.69) is 9.68 Å². The van der Waals surface area contributed by atoms with E-state index in [1.54, 1.807) is 0 Å². The molecule has 15 heavy (non-hydrogen) atoms. The first-order valence-electron chi connectivity index (χ1n) is 4.06. The van der Waals surface area contributed by atoms with Crippen LogP contribution in [0.2, 0.25) is 0 Å². The number of benzene rings is 1. The molecule has 0 saturated carbocycles. The number of aromatic nitrogens is 1. The number of aromatic hydroxyl groups is 3. The summed E-state index contributed by atoms with van der Waals surface area (Å²) in [5.41, 5.74) is 5.82. The van der Waals surface area contributed by atoms with Gasteiger partial charge in [-0.2, -0.15) is 0 Å². The number of nitrogens with two attached hydrogens (primary N) is 1. The Morgan fingerprint density at radius 2 is 1.87 bits per heavy atom. The van der Waals surface area contributed by atoms with Gasteiger partial charge in [-0.25, -0.2) is 0 Å². The fraction of sp³-hybridized carbons (Fsp3) is 0. The highest BCUT2D eigenvalue weighted by atomic mass is 16.5. The van der Waals surface area contributed by atoms with Gasteiger partial charge in [0, 0.05) is 11.6 Å². The third-order valence-electron chi connectivity index (χ3n) is 1.93. The Labute approximate surface area is 84.2 Å². The van der Waals surface area contributed by atoms with E-state index in [4.69, 9.17) is 10.8 Å². The summed E-state index contributed by atoms with van der Waals surface area (Å²) in [7, 11) is 0. The molecule has 2 rings (SSSR count). The van der Waals surface area contributed by atoms with E-state index < -0.39 is 17.2 Å². The van der Waals surface area contributed by atoms with Crippen LogP contribution in [0.3, 0.4) is 0 Å². The lowest BCUT2D eigenvalue weighted by Crippen LogP contribution is -1.80. The molecule has 0 amide bonds. The van der Waals surface area contributed by atoms with Crippen molar-refractivity contribution in [1.82, 2.24) is 5.16 Å². The van der Waals surface area contributed by atoms with Crippen LogP contribution >= 0.6 is 0 Å². The molecule has 0 bridgehead atoms. The van der Waals surface area contributed by atoms with Gasteiger partial charge in [0.15, 0.2) is 11.5 Å². The first-order chi connectivity index (χ1) is 7.09. The van der Waals surface area contributed by atoms with Crippen LogP contribution in [0.4, 0.5) is 5.88 Å². The number of anilines is 1. The van der Waals surface area contributed by atoms with Gasteiger partial charge in [-0.1, -0.05) is 5.16 Å². The summed E-state index contributed by atoms with van der Waals surface area (Å²) >= 11 is 0. The minimum atomic E-state index is -0.603. The Bertz CT molecular complexity index is 507. The molecule has 0 unspecified atom stereocenters. The van der Waals surface area contributed by atoms with Crippen LogP contribution in [0, 0.1) is 0 Å². The van der Waals surface area contributed by atoms with Crippen LogP contribution in [0.15, 0.2) is 22.7 Å². The van der Waals surface area contributed by atoms with Crippen LogP contribution in [-0.4, -0.2) is 20.5 Å². The molecule has 6 heteroatoms. The fourth-order valence-corrected chi connectivity index (χ4v) is 1.19. The van der Waals surface area contributed by atoms with Gasteiger partial charge in [0.1, 0.15) is 5.69 Å². The molecule has 0 fully saturated rings. The van der Waals surface area contributed by atoms with Crippen molar-refractivity contribution in [3.63, 3.8) is 0 Å². The molecule has 0 aliphatic heterocycles. The summed E-state index contributed by atoms with van der Waals surface area (Å²) in [6.07, 6.45) is 0. The summed E-state index contributed by atoms with van der Waals surface area (Å²) in [5.74, 6) is -1.39. The van der Waals surface area contributed by atoms with Crippen LogP contribution in [-0.2, 0) is 0 Å². The van der Waals surface area contributed by atoms with Gasteiger partial charge in [0.25, 0.3) is 0 Å². The molecule has 0 saturated heterocycles. The topological polar surface area (TPSA) is 113 Å². The van der Waals surface area contributed by atoms with Crippen molar-refractivity contribution in [2.45, 2.75) is 0 Å². The molecule has 5 N–H and O–H groups in total. The predicted octanol–water partition coefficient (Wildman–Crippen LogP) is 1.04. The second kappa shape index (κ2) is 3.09. The molecule has 0 aliphatic carbocycles. The average molecular weight is 208 g/mol. The van der Waals surface area contributed by atoms with Gasteiger partial charge in [-0.3, -0.25) is 0 Å². The highest BCUT2D eigenvalue weighted by Gasteiger charge is 2.15. The zero-order valence-corrected chi connectivity index (χ0v) is 7.51. The molecule has 2 aromatic rings. The van der Waals surface area contributed by atoms with Crippen LogP contribution in [0.1, 0.15) is 0 Å². The molecule has 6 nitrogen and oxygen atoms in total. The standard InChI is InChI=1S/C9H8N2O4/c10-7-3-5(11-15-7)4-1-2-6(12)9(14)8(4)13/h1-3,12-14H,10H2. The van der Waals surface area contributed by atoms with E-state index in [1.807, 2.05) is 0 Å². The van der Waals surface area contributed by atoms with E-state index in [-0.39, 0.29) is 17.1 Å². The van der Waals surface area contributed by atoms with Crippen molar-refractivity contribution >= 4 is 5.88 Å². The molecule has 0 radical (unpaired) electrons. The van der Waals surface area contributed by atoms with Gasteiger partial charge in [-0.15, -0.1) is 0 Å². The first kappa shape index (κ1) is 9.20. The summed E-state index contributed by atoms with van der Waals surface area (Å²) in [4.78, 5) is 0. The van der Waals surface area contributed by atoms with Crippen molar-refractivity contribution in [3.05, 3.63) is 18.2 Å². The van der Waals surface area contributed by atoms with Gasteiger partial charge in [0.2, 0.25) is 11.6 Å². The monoisotopic (exact) mass is 208 g/mol. The number of phenols is 3. The number of phenolic OH excluding ortho intramolecular Hbond substituents is 3. The van der Waals surface area contributed by atoms with Crippen molar-refractivity contribution in [3.8, 4) is 28.5 Å². The SMILES string of the molecule is Nc1cc(-c2ccc(O)c(O)c2O)no1. The highest BCUT2D eigenvalue weighted by Crippen LogP contribution is 2.41. The minimum absolute atomic E-state index is 0.0944. The van der Waals surface area contributed by atoms with E-state index >= 15 is 0 Å². The van der Waals surface area contributed by atoms with Crippen molar-refractivity contribution < 1.29 is 19.8 Å². The lowest BCUT2D eigenvalue weighted by atomic mass is 10.1. The minimum Gasteiger partial charge on any atom is -0.504 e. The summed E-state index contributed by atoms with van der Waals surface area (Å²) in [6.45, 7) is 0. The second-order valence-electron chi connectivity index (χ2n) is 2.94. The zero-order valence-electron chi connectivity index (χ0n) is 7.51. The molecular weight excluding hydrogens is 200 g/mol. The quantitative estimate of drug-likeness (QED) is 0.521. The fourth-order valence-electron chi connectivity index (χ4n) is 1.19. The predicted molar refractivity (Wildman–Crippen MR) is 51.3 cm³/mol. The van der Waals surface area contributed by atoms with Crippen molar-refractivity contribution in [2.75, 3.05) is 5.73 Å². The van der Waals surface area contributed by atoms with Gasteiger partial charge in [0.05, 0.1) is 0 Å². The number of hydrogen-bond donors (Lipinski definition) is 4. The molecule has 1 heterocycles. The number of hydrogen-bond acceptors (Lipinski definition) is 6. The molecule has 0 spiro atoms. The Morgan fingerprint density at radius 1 is 1.13 bits per heavy atom. The lowest BCUT2D eigenvalue weighted by molar-refractivity contribution is 0.368. The van der Waals surface area contributed by atoms with Crippen molar-refractivity contribution in [1.29, 1.82) is 0 Å². The number of rotatable bonds is 1. The van der Waals surface area contributed by atoms with E-state index in [9.17, 15) is 10.2 Å². The van der Waals surface area contributed by atoms with Gasteiger partial charge >= 0.3 is 0 Å². The summed E-state index contributed by atoms with van der Waals surface area (Å²) in [6, 6.07) is 4.02. The lowest BCUT2D eigenvalue weighted by Gasteiger charge is -2.03. The highest BCUT2D eigenvalue weighted by molar-refractivity contribution is 5.73. The summed E-state index contributed by atoms with van der Waals surface area (Å²) < 4.78 is 4.62. The number of nitrogen functional groups attached to an aromatic ring is 1. The maximum absolute atomic E-state index is 9.51. The Balaban J connectivity index is 2.59. The maximum atomic E-state index is 9.51. The zero-order chi connectivity index (χ0) is 11.0. The Kier molecular flexibility index (Phi) is 1.89. The first-order valence-corrected chi connectivity index (χ1v) is 4.06. The third-order valence-corrected chi connectivity index (χ3v) is 1.93. The second-order valence-corrected chi connectivity index (χ2v) is 2.94. The van der Waals surface area contributed by atoms with E-state index in [0.717, 1.165) is 0 Å². The number of nitrogens with zero attached hydrogens (tertiary/aromatic N) is 1. The largest absolute Gasteiger partial charge is 0.504 e. The van der Waals surface area contributed by atoms with Gasteiger partial charge < -0.3 is 25.6 Å². The van der Waals surface area contributed by atoms with Crippen molar-refractivity contribution in [2.24, 2.45) is 0 Å².